The number of hydrogen-bond donors (Lipinski definition) is 1. The highest BCUT2D eigenvalue weighted by Crippen LogP contribution is 2.48. The minimum absolute atomic E-state index is 0.0620. The molecular weight excluding hydrogens is 425 g/mol. The first kappa shape index (κ1) is 20.0. The standard InChI is InChI=1S/C25H22FN3O4/c26-16-7-5-15(6-8-16)12-27-19-4-2-1-3-17(19)18-11-20-22(30)29(14-25(9-10-25)23(31)32)24(33)28(20)13-21(18)27/h1-8,20H,9-14H2,(H,31,32). The van der Waals surface area contributed by atoms with E-state index in [1.807, 2.05) is 24.3 Å². The minimum Gasteiger partial charge on any atom is -0.481 e. The zero-order valence-electron chi connectivity index (χ0n) is 17.8. The van der Waals surface area contributed by atoms with Crippen molar-refractivity contribution < 1.29 is 23.9 Å². The summed E-state index contributed by atoms with van der Waals surface area (Å²) < 4.78 is 15.5. The van der Waals surface area contributed by atoms with Crippen LogP contribution in [0.2, 0.25) is 0 Å². The summed E-state index contributed by atoms with van der Waals surface area (Å²) >= 11 is 0. The van der Waals surface area contributed by atoms with Gasteiger partial charge >= 0.3 is 12.0 Å². The van der Waals surface area contributed by atoms with Crippen molar-refractivity contribution in [3.05, 3.63) is 71.2 Å². The number of nitrogens with zero attached hydrogens (tertiary/aromatic N) is 3. The van der Waals surface area contributed by atoms with Gasteiger partial charge in [-0.3, -0.25) is 14.5 Å². The number of halogens is 1. The lowest BCUT2D eigenvalue weighted by atomic mass is 9.97. The number of carboxylic acid groups (broad SMARTS) is 1. The number of imide groups is 1. The van der Waals surface area contributed by atoms with E-state index in [4.69, 9.17) is 0 Å². The molecule has 3 heterocycles. The van der Waals surface area contributed by atoms with Gasteiger partial charge in [-0.05, 0) is 42.2 Å². The van der Waals surface area contributed by atoms with E-state index in [0.717, 1.165) is 32.6 Å². The number of rotatable bonds is 5. The smallest absolute Gasteiger partial charge is 0.327 e. The van der Waals surface area contributed by atoms with Gasteiger partial charge in [-0.2, -0.15) is 0 Å². The first-order valence-corrected chi connectivity index (χ1v) is 11.1. The first-order valence-electron chi connectivity index (χ1n) is 11.1. The Kier molecular flexibility index (Phi) is 4.18. The lowest BCUT2D eigenvalue weighted by Crippen LogP contribution is -2.40. The van der Waals surface area contributed by atoms with E-state index in [-0.39, 0.29) is 24.8 Å². The third-order valence-electron chi connectivity index (χ3n) is 7.34. The van der Waals surface area contributed by atoms with Gasteiger partial charge in [-0.1, -0.05) is 30.3 Å². The van der Waals surface area contributed by atoms with E-state index in [2.05, 4.69) is 4.57 Å². The molecule has 2 aliphatic heterocycles. The van der Waals surface area contributed by atoms with E-state index < -0.39 is 23.5 Å². The Labute approximate surface area is 189 Å². The van der Waals surface area contributed by atoms with Crippen LogP contribution >= 0.6 is 0 Å². The van der Waals surface area contributed by atoms with Gasteiger partial charge in [-0.25, -0.2) is 9.18 Å². The van der Waals surface area contributed by atoms with Crippen LogP contribution in [-0.4, -0.2) is 50.0 Å². The number of carbonyl (C=O) groups excluding carboxylic acids is 2. The van der Waals surface area contributed by atoms with Gasteiger partial charge in [0.2, 0.25) is 0 Å². The van der Waals surface area contributed by atoms with Crippen molar-refractivity contribution >= 4 is 28.8 Å². The Morgan fingerprint density at radius 1 is 1.09 bits per heavy atom. The first-order chi connectivity index (χ1) is 15.9. The predicted octanol–water partition coefficient (Wildman–Crippen LogP) is 3.38. The van der Waals surface area contributed by atoms with E-state index in [1.165, 1.54) is 12.1 Å². The topological polar surface area (TPSA) is 82.9 Å². The van der Waals surface area contributed by atoms with Crippen LogP contribution in [0.25, 0.3) is 10.9 Å². The van der Waals surface area contributed by atoms with Crippen molar-refractivity contribution in [3.8, 4) is 0 Å². The van der Waals surface area contributed by atoms with E-state index >= 15 is 0 Å². The molecule has 7 nitrogen and oxygen atoms in total. The molecule has 0 radical (unpaired) electrons. The maximum atomic E-state index is 13.4. The third kappa shape index (κ3) is 2.97. The van der Waals surface area contributed by atoms with Crippen LogP contribution in [0.5, 0.6) is 0 Å². The van der Waals surface area contributed by atoms with Crippen LogP contribution in [0.3, 0.4) is 0 Å². The second kappa shape index (κ2) is 6.91. The number of aromatic nitrogens is 1. The number of fused-ring (bicyclic) bond motifs is 4. The molecule has 3 amide bonds. The van der Waals surface area contributed by atoms with Crippen LogP contribution in [-0.2, 0) is 29.1 Å². The van der Waals surface area contributed by atoms with Crippen molar-refractivity contribution in [2.75, 3.05) is 6.54 Å². The number of amides is 3. The van der Waals surface area contributed by atoms with Crippen LogP contribution in [0.1, 0.15) is 29.7 Å². The quantitative estimate of drug-likeness (QED) is 0.608. The van der Waals surface area contributed by atoms with Gasteiger partial charge in [0, 0.05) is 36.1 Å². The van der Waals surface area contributed by atoms with Gasteiger partial charge in [0.1, 0.15) is 11.9 Å². The molecule has 0 bridgehead atoms. The lowest BCUT2D eigenvalue weighted by molar-refractivity contribution is -0.144. The fourth-order valence-corrected chi connectivity index (χ4v) is 5.25. The summed E-state index contributed by atoms with van der Waals surface area (Å²) in [5, 5.41) is 10.6. The molecule has 1 aliphatic carbocycles. The summed E-state index contributed by atoms with van der Waals surface area (Å²) in [6.07, 6.45) is 1.36. The summed E-state index contributed by atoms with van der Waals surface area (Å²) in [6, 6.07) is 13.3. The Morgan fingerprint density at radius 2 is 1.82 bits per heavy atom. The Morgan fingerprint density at radius 3 is 2.52 bits per heavy atom. The number of para-hydroxylation sites is 1. The minimum atomic E-state index is -0.989. The van der Waals surface area contributed by atoms with Gasteiger partial charge in [0.15, 0.2) is 0 Å². The molecule has 1 unspecified atom stereocenters. The van der Waals surface area contributed by atoms with Gasteiger partial charge in [0.25, 0.3) is 5.91 Å². The zero-order valence-corrected chi connectivity index (χ0v) is 17.8. The highest BCUT2D eigenvalue weighted by Gasteiger charge is 2.57. The van der Waals surface area contributed by atoms with Crippen molar-refractivity contribution in [2.24, 2.45) is 5.41 Å². The fourth-order valence-electron chi connectivity index (χ4n) is 5.25. The zero-order chi connectivity index (χ0) is 22.9. The summed E-state index contributed by atoms with van der Waals surface area (Å²) in [5.74, 6) is -1.56. The Bertz CT molecular complexity index is 1330. The summed E-state index contributed by atoms with van der Waals surface area (Å²) in [5.41, 5.74) is 2.95. The van der Waals surface area contributed by atoms with Crippen LogP contribution in [0, 0.1) is 11.2 Å². The molecule has 2 aromatic carbocycles. The molecule has 168 valence electrons. The molecular formula is C25H22FN3O4. The van der Waals surface area contributed by atoms with Gasteiger partial charge in [-0.15, -0.1) is 0 Å². The van der Waals surface area contributed by atoms with Crippen molar-refractivity contribution in [1.82, 2.24) is 14.4 Å². The number of urea groups is 1. The van der Waals surface area contributed by atoms with Crippen molar-refractivity contribution in [1.29, 1.82) is 0 Å². The molecule has 33 heavy (non-hydrogen) atoms. The highest BCUT2D eigenvalue weighted by molar-refractivity contribution is 6.05. The molecule has 1 aromatic heterocycles. The molecule has 1 saturated carbocycles. The normalized spacial score (nSPS) is 20.8. The summed E-state index contributed by atoms with van der Waals surface area (Å²) in [4.78, 5) is 40.7. The number of carbonyl (C=O) groups is 3. The number of aliphatic carboxylic acids is 1. The highest BCUT2D eigenvalue weighted by atomic mass is 19.1. The second-order valence-corrected chi connectivity index (χ2v) is 9.30. The molecule has 1 saturated heterocycles. The van der Waals surface area contributed by atoms with Gasteiger partial charge < -0.3 is 14.6 Å². The van der Waals surface area contributed by atoms with Crippen LogP contribution < -0.4 is 0 Å². The summed E-state index contributed by atoms with van der Waals surface area (Å²) in [7, 11) is 0. The maximum Gasteiger partial charge on any atom is 0.327 e. The molecule has 0 spiro atoms. The van der Waals surface area contributed by atoms with E-state index in [0.29, 0.717) is 25.8 Å². The molecule has 6 rings (SSSR count). The molecule has 3 aromatic rings. The van der Waals surface area contributed by atoms with Crippen molar-refractivity contribution in [3.63, 3.8) is 0 Å². The predicted molar refractivity (Wildman–Crippen MR) is 117 cm³/mol. The molecule has 1 N–H and O–H groups in total. The lowest BCUT2D eigenvalue weighted by Gasteiger charge is -2.28. The maximum absolute atomic E-state index is 13.4. The van der Waals surface area contributed by atoms with Crippen molar-refractivity contribution in [2.45, 2.75) is 38.4 Å². The van der Waals surface area contributed by atoms with E-state index in [1.54, 1.807) is 17.0 Å². The molecule has 2 fully saturated rings. The number of benzene rings is 2. The SMILES string of the molecule is O=C1C2Cc3c(n(Cc4ccc(F)cc4)c4ccccc34)CN2C(=O)N1CC1(C(=O)O)CC1. The molecule has 8 heteroatoms. The Balaban J connectivity index is 1.37. The second-order valence-electron chi connectivity index (χ2n) is 9.30. The molecule has 3 aliphatic rings. The average molecular weight is 447 g/mol. The van der Waals surface area contributed by atoms with Crippen LogP contribution in [0.15, 0.2) is 48.5 Å². The van der Waals surface area contributed by atoms with E-state index in [9.17, 15) is 23.9 Å². The molecule has 1 atom stereocenters. The number of carboxylic acids is 1. The van der Waals surface area contributed by atoms with Crippen LogP contribution in [0.4, 0.5) is 9.18 Å². The third-order valence-corrected chi connectivity index (χ3v) is 7.34. The Hall–Kier alpha value is -3.68. The average Bonchev–Trinajstić information content (AvgIpc) is 3.51. The monoisotopic (exact) mass is 447 g/mol. The fraction of sp³-hybridized carbons (Fsp3) is 0.320. The summed E-state index contributed by atoms with van der Waals surface area (Å²) in [6.45, 7) is 0.729. The van der Waals surface area contributed by atoms with Gasteiger partial charge in [0.05, 0.1) is 12.0 Å². The largest absolute Gasteiger partial charge is 0.481 e. The number of hydrogen-bond acceptors (Lipinski definition) is 3.